The molecule has 2 bridgehead atoms. The summed E-state index contributed by atoms with van der Waals surface area (Å²) in [5.74, 6) is 1.48. The van der Waals surface area contributed by atoms with Crippen LogP contribution < -0.4 is 0 Å². The maximum absolute atomic E-state index is 6.36. The van der Waals surface area contributed by atoms with Gasteiger partial charge in [0, 0.05) is 0 Å². The second kappa shape index (κ2) is 3.13. The Labute approximate surface area is 85.8 Å². The third-order valence-corrected chi connectivity index (χ3v) is 3.84. The van der Waals surface area contributed by atoms with Crippen molar-refractivity contribution < 1.29 is 4.74 Å². The van der Waals surface area contributed by atoms with Gasteiger partial charge >= 0.3 is 0 Å². The molecule has 0 aromatic heterocycles. The third-order valence-electron chi connectivity index (χ3n) is 3.23. The molecule has 0 amide bonds. The zero-order valence-electron chi connectivity index (χ0n) is 8.72. The Bertz CT molecular complexity index is 195. The third kappa shape index (κ3) is 1.87. The van der Waals surface area contributed by atoms with E-state index < -0.39 is 0 Å². The van der Waals surface area contributed by atoms with Crippen molar-refractivity contribution in [1.29, 1.82) is 0 Å². The molecule has 0 unspecified atom stereocenters. The first-order valence-electron chi connectivity index (χ1n) is 5.29. The summed E-state index contributed by atoms with van der Waals surface area (Å²) in [6.07, 6.45) is 4.27. The predicted molar refractivity (Wildman–Crippen MR) is 55.1 cm³/mol. The quantitative estimate of drug-likeness (QED) is 0.594. The molecule has 0 aromatic carbocycles. The van der Waals surface area contributed by atoms with Crippen LogP contribution in [0.25, 0.3) is 0 Å². The molecule has 0 radical (unpaired) electrons. The van der Waals surface area contributed by atoms with Crippen LogP contribution in [0.4, 0.5) is 0 Å². The summed E-state index contributed by atoms with van der Waals surface area (Å²) in [7, 11) is 0. The van der Waals surface area contributed by atoms with Crippen LogP contribution >= 0.6 is 11.6 Å². The molecule has 0 N–H and O–H groups in total. The molecule has 0 saturated heterocycles. The first-order valence-corrected chi connectivity index (χ1v) is 5.73. The molecule has 2 aliphatic carbocycles. The first kappa shape index (κ1) is 9.79. The van der Waals surface area contributed by atoms with Crippen LogP contribution in [0, 0.1) is 11.8 Å². The van der Waals surface area contributed by atoms with Crippen molar-refractivity contribution in [2.24, 2.45) is 11.8 Å². The maximum Gasteiger partial charge on any atom is 0.0776 e. The number of fused-ring (bicyclic) bond motifs is 2. The van der Waals surface area contributed by atoms with Crippen LogP contribution in [0.1, 0.15) is 40.0 Å². The van der Waals surface area contributed by atoms with Gasteiger partial charge in [-0.2, -0.15) is 0 Å². The average Bonchev–Trinajstić information content (AvgIpc) is 2.51. The lowest BCUT2D eigenvalue weighted by atomic mass is 9.96. The van der Waals surface area contributed by atoms with E-state index in [9.17, 15) is 0 Å². The van der Waals surface area contributed by atoms with Crippen LogP contribution in [0.2, 0.25) is 0 Å². The molecule has 2 saturated carbocycles. The number of hydrogen-bond acceptors (Lipinski definition) is 1. The SMILES string of the molecule is CC(C)(C)O[C@@H]1[C@H]2CC[C@H](C2)[C@@H]1Cl. The topological polar surface area (TPSA) is 9.23 Å². The molecule has 2 rings (SSSR count). The number of alkyl halides is 1. The molecule has 2 fully saturated rings. The fraction of sp³-hybridized carbons (Fsp3) is 1.00. The van der Waals surface area contributed by atoms with E-state index in [1.54, 1.807) is 0 Å². The number of ether oxygens (including phenoxy) is 1. The number of hydrogen-bond donors (Lipinski definition) is 0. The smallest absolute Gasteiger partial charge is 0.0776 e. The minimum absolute atomic E-state index is 0.0394. The van der Waals surface area contributed by atoms with Crippen molar-refractivity contribution in [2.75, 3.05) is 0 Å². The Kier molecular flexibility index (Phi) is 2.36. The van der Waals surface area contributed by atoms with Crippen molar-refractivity contribution in [2.45, 2.75) is 57.1 Å². The van der Waals surface area contributed by atoms with E-state index in [0.717, 1.165) is 11.8 Å². The highest BCUT2D eigenvalue weighted by atomic mass is 35.5. The van der Waals surface area contributed by atoms with Gasteiger partial charge in [-0.1, -0.05) is 0 Å². The van der Waals surface area contributed by atoms with E-state index in [0.29, 0.717) is 6.10 Å². The summed E-state index contributed by atoms with van der Waals surface area (Å²) in [6, 6.07) is 0. The van der Waals surface area contributed by atoms with Crippen LogP contribution in [0.15, 0.2) is 0 Å². The standard InChI is InChI=1S/C11H19ClO/c1-11(2,3)13-10-8-5-4-7(6-8)9(10)12/h7-10H,4-6H2,1-3H3/t7-,8+,9+,10-/m1/s1. The minimum atomic E-state index is -0.0394. The molecular formula is C11H19ClO. The van der Waals surface area contributed by atoms with Crippen molar-refractivity contribution >= 4 is 11.6 Å². The van der Waals surface area contributed by atoms with Crippen molar-refractivity contribution in [3.63, 3.8) is 0 Å². The Hall–Kier alpha value is 0.250. The van der Waals surface area contributed by atoms with Gasteiger partial charge in [0.2, 0.25) is 0 Å². The molecule has 0 aliphatic heterocycles. The monoisotopic (exact) mass is 202 g/mol. The molecule has 1 nitrogen and oxygen atoms in total. The summed E-state index contributed by atoms with van der Waals surface area (Å²) in [4.78, 5) is 0. The minimum Gasteiger partial charge on any atom is -0.371 e. The van der Waals surface area contributed by atoms with E-state index in [2.05, 4.69) is 20.8 Å². The second-order valence-corrected chi connectivity index (χ2v) is 5.98. The summed E-state index contributed by atoms with van der Waals surface area (Å²) in [6.45, 7) is 6.34. The number of rotatable bonds is 1. The molecule has 2 aliphatic rings. The van der Waals surface area contributed by atoms with E-state index in [4.69, 9.17) is 16.3 Å². The first-order chi connectivity index (χ1) is 5.97. The average molecular weight is 203 g/mol. The Balaban J connectivity index is 2.00. The summed E-state index contributed by atoms with van der Waals surface area (Å²) >= 11 is 6.36. The van der Waals surface area contributed by atoms with Gasteiger partial charge in [0.25, 0.3) is 0 Å². The molecule has 76 valence electrons. The molecule has 0 aromatic rings. The lowest BCUT2D eigenvalue weighted by molar-refractivity contribution is -0.0796. The van der Waals surface area contributed by atoms with Crippen molar-refractivity contribution in [3.8, 4) is 0 Å². The van der Waals surface area contributed by atoms with Gasteiger partial charge in [0.15, 0.2) is 0 Å². The van der Waals surface area contributed by atoms with Gasteiger partial charge in [-0.15, -0.1) is 11.6 Å². The van der Waals surface area contributed by atoms with Gasteiger partial charge in [-0.25, -0.2) is 0 Å². The van der Waals surface area contributed by atoms with Gasteiger partial charge in [-0.05, 0) is 51.9 Å². The molecule has 13 heavy (non-hydrogen) atoms. The van der Waals surface area contributed by atoms with E-state index in [1.165, 1.54) is 19.3 Å². The molecule has 4 atom stereocenters. The van der Waals surface area contributed by atoms with Gasteiger partial charge in [-0.3, -0.25) is 0 Å². The second-order valence-electron chi connectivity index (χ2n) is 5.47. The largest absolute Gasteiger partial charge is 0.371 e. The lowest BCUT2D eigenvalue weighted by Gasteiger charge is -2.33. The highest BCUT2D eigenvalue weighted by molar-refractivity contribution is 6.21. The van der Waals surface area contributed by atoms with Crippen LogP contribution in [-0.2, 0) is 4.74 Å². The summed E-state index contributed by atoms with van der Waals surface area (Å²) in [5.41, 5.74) is -0.0394. The normalized spacial score (nSPS) is 44.3. The van der Waals surface area contributed by atoms with Gasteiger partial charge < -0.3 is 4.74 Å². The van der Waals surface area contributed by atoms with Gasteiger partial charge in [0.05, 0.1) is 17.1 Å². The summed E-state index contributed by atoms with van der Waals surface area (Å²) < 4.78 is 6.01. The Morgan fingerprint density at radius 3 is 2.23 bits per heavy atom. The molecular weight excluding hydrogens is 184 g/mol. The molecule has 0 spiro atoms. The summed E-state index contributed by atoms with van der Waals surface area (Å²) in [5, 5.41) is 0.276. The fourth-order valence-electron chi connectivity index (χ4n) is 2.74. The van der Waals surface area contributed by atoms with Crippen LogP contribution in [0.3, 0.4) is 0 Å². The Morgan fingerprint density at radius 1 is 1.15 bits per heavy atom. The molecule has 0 heterocycles. The lowest BCUT2D eigenvalue weighted by Crippen LogP contribution is -2.37. The van der Waals surface area contributed by atoms with Crippen LogP contribution in [0.5, 0.6) is 0 Å². The van der Waals surface area contributed by atoms with E-state index >= 15 is 0 Å². The fourth-order valence-corrected chi connectivity index (χ4v) is 3.22. The van der Waals surface area contributed by atoms with E-state index in [-0.39, 0.29) is 11.0 Å². The zero-order valence-corrected chi connectivity index (χ0v) is 9.47. The van der Waals surface area contributed by atoms with E-state index in [1.807, 2.05) is 0 Å². The van der Waals surface area contributed by atoms with Crippen LogP contribution in [-0.4, -0.2) is 17.1 Å². The van der Waals surface area contributed by atoms with Crippen molar-refractivity contribution in [1.82, 2.24) is 0 Å². The maximum atomic E-state index is 6.36. The van der Waals surface area contributed by atoms with Crippen molar-refractivity contribution in [3.05, 3.63) is 0 Å². The zero-order chi connectivity index (χ0) is 9.64. The van der Waals surface area contributed by atoms with Gasteiger partial charge in [0.1, 0.15) is 0 Å². The number of halogens is 1. The highest BCUT2D eigenvalue weighted by Gasteiger charge is 2.48. The Morgan fingerprint density at radius 2 is 1.77 bits per heavy atom. The predicted octanol–water partition coefficient (Wildman–Crippen LogP) is 3.21. The molecule has 2 heteroatoms. The highest BCUT2D eigenvalue weighted by Crippen LogP contribution is 2.49.